The number of thiazole rings is 1. The van der Waals surface area contributed by atoms with E-state index >= 15 is 0 Å². The molecule has 4 aromatic rings. The molecule has 7 nitrogen and oxygen atoms in total. The van der Waals surface area contributed by atoms with E-state index in [0.29, 0.717) is 32.1 Å². The third-order valence-electron chi connectivity index (χ3n) is 5.94. The van der Waals surface area contributed by atoms with E-state index in [1.807, 2.05) is 66.1 Å². The standard InChI is InChI=1S/C28H23IN2O5S2/c1-4-36-27(33)22-23(17-9-6-5-7-10-17)30-28-31(24(22)20-11-8-12-37-20)26(32)21(38-28)15-16-13-18(29)25(35-3)19(14-16)34-2/h5-15,24H,4H2,1-3H3/b21-15-/t24-/m1/s1. The summed E-state index contributed by atoms with van der Waals surface area (Å²) in [4.78, 5) is 33.5. The molecular weight excluding hydrogens is 635 g/mol. The summed E-state index contributed by atoms with van der Waals surface area (Å²) in [6.45, 7) is 1.98. The zero-order valence-electron chi connectivity index (χ0n) is 20.8. The van der Waals surface area contributed by atoms with Gasteiger partial charge in [0.05, 0.1) is 40.2 Å². The maximum Gasteiger partial charge on any atom is 0.338 e. The minimum atomic E-state index is -0.659. The normalized spacial score (nSPS) is 15.2. The molecule has 0 aliphatic carbocycles. The number of benzene rings is 2. The monoisotopic (exact) mass is 658 g/mol. The summed E-state index contributed by atoms with van der Waals surface area (Å²) in [6, 6.07) is 16.4. The predicted octanol–water partition coefficient (Wildman–Crippen LogP) is 4.62. The lowest BCUT2D eigenvalue weighted by Crippen LogP contribution is -2.39. The van der Waals surface area contributed by atoms with Gasteiger partial charge in [-0.15, -0.1) is 11.3 Å². The molecule has 1 aliphatic rings. The molecule has 0 radical (unpaired) electrons. The van der Waals surface area contributed by atoms with Crippen molar-refractivity contribution in [1.29, 1.82) is 0 Å². The van der Waals surface area contributed by atoms with E-state index in [1.54, 1.807) is 25.7 Å². The smallest absolute Gasteiger partial charge is 0.338 e. The van der Waals surface area contributed by atoms with E-state index in [2.05, 4.69) is 22.6 Å². The van der Waals surface area contributed by atoms with Crippen LogP contribution in [-0.4, -0.2) is 31.4 Å². The third-order valence-corrected chi connectivity index (χ3v) is 8.65. The highest BCUT2D eigenvalue weighted by Crippen LogP contribution is 2.37. The average molecular weight is 659 g/mol. The molecule has 0 unspecified atom stereocenters. The predicted molar refractivity (Wildman–Crippen MR) is 158 cm³/mol. The number of thiophene rings is 1. The summed E-state index contributed by atoms with van der Waals surface area (Å²) in [7, 11) is 3.17. The van der Waals surface area contributed by atoms with Crippen LogP contribution in [0.2, 0.25) is 0 Å². The average Bonchev–Trinajstić information content (AvgIpc) is 3.56. The maximum atomic E-state index is 13.9. The lowest BCUT2D eigenvalue weighted by molar-refractivity contribution is -0.138. The van der Waals surface area contributed by atoms with Crippen LogP contribution in [-0.2, 0) is 9.53 Å². The number of fused-ring (bicyclic) bond motifs is 1. The van der Waals surface area contributed by atoms with Gasteiger partial charge in [-0.25, -0.2) is 9.79 Å². The number of ether oxygens (including phenoxy) is 3. The van der Waals surface area contributed by atoms with E-state index in [9.17, 15) is 9.59 Å². The Bertz CT molecular complexity index is 1710. The van der Waals surface area contributed by atoms with Gasteiger partial charge in [-0.1, -0.05) is 47.7 Å². The number of methoxy groups -OCH3 is 2. The summed E-state index contributed by atoms with van der Waals surface area (Å²) >= 11 is 4.95. The van der Waals surface area contributed by atoms with E-state index in [-0.39, 0.29) is 12.2 Å². The molecule has 3 heterocycles. The zero-order chi connectivity index (χ0) is 26.8. The lowest BCUT2D eigenvalue weighted by atomic mass is 9.97. The topological polar surface area (TPSA) is 79.1 Å². The summed E-state index contributed by atoms with van der Waals surface area (Å²) in [5.41, 5.74) is 2.20. The van der Waals surface area contributed by atoms with Gasteiger partial charge in [0.1, 0.15) is 6.04 Å². The van der Waals surface area contributed by atoms with Crippen molar-refractivity contribution in [2.45, 2.75) is 13.0 Å². The molecule has 0 spiro atoms. The number of hydrogen-bond donors (Lipinski definition) is 0. The van der Waals surface area contributed by atoms with Crippen LogP contribution in [0.3, 0.4) is 0 Å². The number of aromatic nitrogens is 1. The highest BCUT2D eigenvalue weighted by atomic mass is 127. The van der Waals surface area contributed by atoms with Gasteiger partial charge in [0.2, 0.25) is 0 Å². The summed E-state index contributed by atoms with van der Waals surface area (Å²) in [5.74, 6) is 0.721. The first-order valence-electron chi connectivity index (χ1n) is 11.7. The first-order valence-corrected chi connectivity index (χ1v) is 14.5. The van der Waals surface area contributed by atoms with Gasteiger partial charge < -0.3 is 14.2 Å². The molecule has 0 saturated heterocycles. The molecular formula is C28H23IN2O5S2. The van der Waals surface area contributed by atoms with Gasteiger partial charge in [-0.05, 0) is 64.7 Å². The van der Waals surface area contributed by atoms with Crippen LogP contribution >= 0.6 is 45.3 Å². The van der Waals surface area contributed by atoms with Crippen LogP contribution in [0.4, 0.5) is 0 Å². The number of nitrogens with zero attached hydrogens (tertiary/aromatic N) is 2. The van der Waals surface area contributed by atoms with E-state index in [4.69, 9.17) is 19.2 Å². The summed E-state index contributed by atoms with van der Waals surface area (Å²) in [6.07, 6.45) is 1.82. The molecule has 0 N–H and O–H groups in total. The lowest BCUT2D eigenvalue weighted by Gasteiger charge is -2.24. The fourth-order valence-corrected chi connectivity index (χ4v) is 7.00. The van der Waals surface area contributed by atoms with Crippen molar-refractivity contribution in [3.8, 4) is 11.5 Å². The Hall–Kier alpha value is -3.22. The van der Waals surface area contributed by atoms with Crippen LogP contribution < -0.4 is 24.4 Å². The Balaban J connectivity index is 1.78. The molecule has 0 fully saturated rings. The van der Waals surface area contributed by atoms with Crippen molar-refractivity contribution in [2.24, 2.45) is 4.99 Å². The van der Waals surface area contributed by atoms with Crippen molar-refractivity contribution in [1.82, 2.24) is 4.57 Å². The number of rotatable bonds is 7. The molecule has 1 atom stereocenters. The number of carbonyl (C=O) groups is 1. The molecule has 2 aromatic heterocycles. The third kappa shape index (κ3) is 4.83. The minimum absolute atomic E-state index is 0.212. The Morgan fingerprint density at radius 1 is 1.13 bits per heavy atom. The zero-order valence-corrected chi connectivity index (χ0v) is 24.6. The Morgan fingerprint density at radius 2 is 1.92 bits per heavy atom. The largest absolute Gasteiger partial charge is 0.493 e. The van der Waals surface area contributed by atoms with Gasteiger partial charge >= 0.3 is 5.97 Å². The van der Waals surface area contributed by atoms with Crippen molar-refractivity contribution in [3.63, 3.8) is 0 Å². The number of esters is 1. The van der Waals surface area contributed by atoms with E-state index in [0.717, 1.165) is 19.6 Å². The van der Waals surface area contributed by atoms with Crippen molar-refractivity contribution < 1.29 is 19.0 Å². The minimum Gasteiger partial charge on any atom is -0.493 e. The second-order valence-corrected chi connectivity index (χ2v) is 11.3. The first kappa shape index (κ1) is 26.4. The van der Waals surface area contributed by atoms with Gasteiger partial charge in [0.15, 0.2) is 16.3 Å². The van der Waals surface area contributed by atoms with E-state index < -0.39 is 12.0 Å². The Kier molecular flexibility index (Phi) is 7.82. The molecule has 2 aromatic carbocycles. The molecule has 5 rings (SSSR count). The molecule has 0 amide bonds. The maximum absolute atomic E-state index is 13.9. The fourth-order valence-electron chi connectivity index (χ4n) is 4.33. The van der Waals surface area contributed by atoms with Crippen molar-refractivity contribution in [3.05, 3.63) is 105 Å². The van der Waals surface area contributed by atoms with Crippen LogP contribution in [0.15, 0.2) is 75.3 Å². The molecule has 194 valence electrons. The highest BCUT2D eigenvalue weighted by molar-refractivity contribution is 14.1. The quantitative estimate of drug-likeness (QED) is 0.214. The van der Waals surface area contributed by atoms with Gasteiger partial charge in [0.25, 0.3) is 5.56 Å². The van der Waals surface area contributed by atoms with Crippen LogP contribution in [0, 0.1) is 3.57 Å². The van der Waals surface area contributed by atoms with Crippen molar-refractivity contribution >= 4 is 63.0 Å². The van der Waals surface area contributed by atoms with Gasteiger partial charge in [-0.2, -0.15) is 0 Å². The Labute approximate surface area is 240 Å². The van der Waals surface area contributed by atoms with Crippen LogP contribution in [0.1, 0.15) is 29.0 Å². The highest BCUT2D eigenvalue weighted by Gasteiger charge is 2.35. The second kappa shape index (κ2) is 11.3. The molecule has 1 aliphatic heterocycles. The molecule has 0 bridgehead atoms. The molecule has 38 heavy (non-hydrogen) atoms. The van der Waals surface area contributed by atoms with E-state index in [1.165, 1.54) is 22.7 Å². The van der Waals surface area contributed by atoms with Gasteiger partial charge in [-0.3, -0.25) is 9.36 Å². The van der Waals surface area contributed by atoms with Crippen LogP contribution in [0.5, 0.6) is 11.5 Å². The second-order valence-electron chi connectivity index (χ2n) is 8.19. The first-order chi connectivity index (χ1) is 18.5. The number of carbonyl (C=O) groups excluding carboxylic acids is 1. The molecule has 0 saturated carbocycles. The summed E-state index contributed by atoms with van der Waals surface area (Å²) in [5, 5.41) is 1.93. The SMILES string of the molecule is CCOC(=O)C1=C(c2ccccc2)N=c2s/c(=C\c3cc(I)c(OC)c(OC)c3)c(=O)n2[C@@H]1c1cccs1. The fraction of sp³-hybridized carbons (Fsp3) is 0.179. The molecule has 10 heteroatoms. The number of halogens is 1. The van der Waals surface area contributed by atoms with Crippen LogP contribution in [0.25, 0.3) is 11.8 Å². The number of hydrogen-bond acceptors (Lipinski definition) is 8. The van der Waals surface area contributed by atoms with Crippen molar-refractivity contribution in [2.75, 3.05) is 20.8 Å². The van der Waals surface area contributed by atoms with Gasteiger partial charge in [0, 0.05) is 10.4 Å². The Morgan fingerprint density at radius 3 is 2.58 bits per heavy atom. The summed E-state index contributed by atoms with van der Waals surface area (Å²) < 4.78 is 19.4.